The molecular formula is C32H37F3N2O5S. The van der Waals surface area contributed by atoms with Gasteiger partial charge in [0.2, 0.25) is 0 Å². The van der Waals surface area contributed by atoms with E-state index in [2.05, 4.69) is 10.2 Å². The molecule has 3 aromatic carbocycles. The molecule has 2 N–H and O–H groups in total. The Labute approximate surface area is 250 Å². The molecule has 1 saturated heterocycles. The van der Waals surface area contributed by atoms with Crippen molar-refractivity contribution in [3.05, 3.63) is 95.1 Å². The van der Waals surface area contributed by atoms with Crippen molar-refractivity contribution >= 4 is 21.4 Å². The van der Waals surface area contributed by atoms with Crippen LogP contribution < -0.4 is 10.2 Å². The molecule has 1 aliphatic heterocycles. The first kappa shape index (κ1) is 32.5. The summed E-state index contributed by atoms with van der Waals surface area (Å²) in [5.74, 6) is -0.420. The maximum atomic E-state index is 13.1. The summed E-state index contributed by atoms with van der Waals surface area (Å²) in [6.45, 7) is 6.11. The number of sulfone groups is 1. The first-order valence-corrected chi connectivity index (χ1v) is 15.9. The lowest BCUT2D eigenvalue weighted by Crippen LogP contribution is -2.34. The molecule has 0 spiro atoms. The third-order valence-corrected chi connectivity index (χ3v) is 9.47. The topological polar surface area (TPSA) is 95.9 Å². The number of rotatable bonds is 11. The van der Waals surface area contributed by atoms with E-state index >= 15 is 0 Å². The van der Waals surface area contributed by atoms with Crippen molar-refractivity contribution < 1.29 is 36.2 Å². The number of ether oxygens (including phenoxy) is 1. The van der Waals surface area contributed by atoms with E-state index in [9.17, 15) is 31.5 Å². The molecule has 1 heterocycles. The SMILES string of the molecule is CCS(=O)(=O)c1ccc([C@H](CO)NC(=O)c2ccc(N3CC(c4ccc(C(F)(F)F)cc4)C[C@H]3COC(C)C)cc2)cc1. The molecule has 7 nitrogen and oxygen atoms in total. The van der Waals surface area contributed by atoms with Crippen LogP contribution in [0.25, 0.3) is 0 Å². The normalized spacial score (nSPS) is 18.2. The Morgan fingerprint density at radius 3 is 2.19 bits per heavy atom. The summed E-state index contributed by atoms with van der Waals surface area (Å²) in [7, 11) is -3.37. The number of nitrogens with zero attached hydrogens (tertiary/aromatic N) is 1. The lowest BCUT2D eigenvalue weighted by atomic mass is 9.95. The molecule has 11 heteroatoms. The number of aliphatic hydroxyl groups excluding tert-OH is 1. The van der Waals surface area contributed by atoms with Crippen LogP contribution in [0.5, 0.6) is 0 Å². The van der Waals surface area contributed by atoms with Gasteiger partial charge in [-0.15, -0.1) is 0 Å². The number of alkyl halides is 3. The molecule has 0 aromatic heterocycles. The average molecular weight is 619 g/mol. The van der Waals surface area contributed by atoms with Crippen LogP contribution in [-0.4, -0.2) is 57.1 Å². The highest BCUT2D eigenvalue weighted by atomic mass is 32.2. The average Bonchev–Trinajstić information content (AvgIpc) is 3.43. The first-order valence-electron chi connectivity index (χ1n) is 14.2. The molecule has 3 atom stereocenters. The van der Waals surface area contributed by atoms with E-state index in [1.54, 1.807) is 43.3 Å². The van der Waals surface area contributed by atoms with E-state index < -0.39 is 33.5 Å². The van der Waals surface area contributed by atoms with Crippen LogP contribution in [-0.2, 0) is 20.8 Å². The van der Waals surface area contributed by atoms with Gasteiger partial charge in [0.15, 0.2) is 9.84 Å². The number of hydrogen-bond acceptors (Lipinski definition) is 6. The zero-order valence-corrected chi connectivity index (χ0v) is 25.2. The molecule has 1 amide bonds. The molecule has 1 fully saturated rings. The van der Waals surface area contributed by atoms with Crippen molar-refractivity contribution in [3.63, 3.8) is 0 Å². The van der Waals surface area contributed by atoms with Crippen LogP contribution >= 0.6 is 0 Å². The number of carbonyl (C=O) groups excluding carboxylic acids is 1. The second-order valence-corrected chi connectivity index (χ2v) is 13.2. The molecule has 232 valence electrons. The molecule has 4 rings (SSSR count). The fourth-order valence-corrected chi connectivity index (χ4v) is 6.12. The van der Waals surface area contributed by atoms with Crippen molar-refractivity contribution in [2.24, 2.45) is 0 Å². The number of anilines is 1. The van der Waals surface area contributed by atoms with Crippen LogP contribution in [0.3, 0.4) is 0 Å². The predicted octanol–water partition coefficient (Wildman–Crippen LogP) is 5.75. The summed E-state index contributed by atoms with van der Waals surface area (Å²) in [6.07, 6.45) is -3.66. The highest BCUT2D eigenvalue weighted by Crippen LogP contribution is 2.37. The van der Waals surface area contributed by atoms with E-state index in [1.807, 2.05) is 26.0 Å². The lowest BCUT2D eigenvalue weighted by molar-refractivity contribution is -0.137. The number of halogens is 3. The fraction of sp³-hybridized carbons (Fsp3) is 0.406. The van der Waals surface area contributed by atoms with Gasteiger partial charge >= 0.3 is 6.18 Å². The van der Waals surface area contributed by atoms with Gasteiger partial charge in [-0.1, -0.05) is 31.2 Å². The molecular weight excluding hydrogens is 581 g/mol. The van der Waals surface area contributed by atoms with E-state index in [0.717, 1.165) is 23.4 Å². The van der Waals surface area contributed by atoms with Gasteiger partial charge in [0, 0.05) is 23.7 Å². The number of hydrogen-bond donors (Lipinski definition) is 2. The Hall–Kier alpha value is -3.41. The van der Waals surface area contributed by atoms with E-state index in [4.69, 9.17) is 4.74 Å². The Balaban J connectivity index is 1.47. The summed E-state index contributed by atoms with van der Waals surface area (Å²) in [5.41, 5.74) is 1.96. The third-order valence-electron chi connectivity index (χ3n) is 7.72. The summed E-state index contributed by atoms with van der Waals surface area (Å²) >= 11 is 0. The summed E-state index contributed by atoms with van der Waals surface area (Å²) < 4.78 is 69.3. The van der Waals surface area contributed by atoms with Crippen molar-refractivity contribution in [2.75, 3.05) is 30.4 Å². The minimum atomic E-state index is -4.39. The van der Waals surface area contributed by atoms with Gasteiger partial charge in [-0.2, -0.15) is 13.2 Å². The minimum Gasteiger partial charge on any atom is -0.394 e. The van der Waals surface area contributed by atoms with Gasteiger partial charge in [-0.25, -0.2) is 8.42 Å². The Morgan fingerprint density at radius 1 is 1.02 bits per heavy atom. The zero-order chi connectivity index (χ0) is 31.4. The monoisotopic (exact) mass is 618 g/mol. The van der Waals surface area contributed by atoms with Gasteiger partial charge in [0.25, 0.3) is 5.91 Å². The van der Waals surface area contributed by atoms with Crippen molar-refractivity contribution in [1.82, 2.24) is 5.32 Å². The molecule has 1 aliphatic rings. The molecule has 1 unspecified atom stereocenters. The second-order valence-electron chi connectivity index (χ2n) is 11.0. The maximum Gasteiger partial charge on any atom is 0.416 e. The van der Waals surface area contributed by atoms with Crippen molar-refractivity contribution in [1.29, 1.82) is 0 Å². The second kappa shape index (κ2) is 13.5. The Bertz CT molecular complexity index is 1480. The third kappa shape index (κ3) is 7.95. The molecule has 0 radical (unpaired) electrons. The van der Waals surface area contributed by atoms with Crippen molar-refractivity contribution in [3.8, 4) is 0 Å². The lowest BCUT2D eigenvalue weighted by Gasteiger charge is -2.27. The van der Waals surface area contributed by atoms with E-state index in [-0.39, 0.29) is 35.3 Å². The van der Waals surface area contributed by atoms with Crippen LogP contribution in [0.15, 0.2) is 77.7 Å². The summed E-state index contributed by atoms with van der Waals surface area (Å²) in [5, 5.41) is 12.7. The standard InChI is InChI=1S/C32H37F3N2O5S/c1-4-43(40,41)29-15-9-23(10-16-29)30(19-38)36-31(39)24-7-13-27(14-8-24)37-18-25(17-28(37)20-42-21(2)3)22-5-11-26(12-6-22)32(33,34)35/h5-16,21,25,28,30,38H,4,17-20H2,1-3H3,(H,36,39)/t25?,28-,30-/m0/s1. The van der Waals surface area contributed by atoms with E-state index in [1.165, 1.54) is 12.1 Å². The first-order chi connectivity index (χ1) is 20.3. The highest BCUT2D eigenvalue weighted by molar-refractivity contribution is 7.91. The minimum absolute atomic E-state index is 0.00682. The Kier molecular flexibility index (Phi) is 10.2. The van der Waals surface area contributed by atoms with Crippen molar-refractivity contribution in [2.45, 2.75) is 62.4 Å². The summed E-state index contributed by atoms with van der Waals surface area (Å²) in [6, 6.07) is 17.7. The molecule has 0 bridgehead atoms. The highest BCUT2D eigenvalue weighted by Gasteiger charge is 2.35. The number of amides is 1. The molecule has 0 saturated carbocycles. The molecule has 3 aromatic rings. The number of carbonyl (C=O) groups is 1. The van der Waals surface area contributed by atoms with Gasteiger partial charge in [0.05, 0.1) is 47.6 Å². The largest absolute Gasteiger partial charge is 0.416 e. The number of nitrogens with one attached hydrogen (secondary N) is 1. The smallest absolute Gasteiger partial charge is 0.394 e. The van der Waals surface area contributed by atoms with Gasteiger partial charge in [-0.3, -0.25) is 4.79 Å². The van der Waals surface area contributed by atoms with Crippen LogP contribution in [0.4, 0.5) is 18.9 Å². The van der Waals surface area contributed by atoms with E-state index in [0.29, 0.717) is 30.7 Å². The fourth-order valence-electron chi connectivity index (χ4n) is 5.23. The van der Waals surface area contributed by atoms with Crippen LogP contribution in [0.2, 0.25) is 0 Å². The predicted molar refractivity (Wildman–Crippen MR) is 159 cm³/mol. The molecule has 0 aliphatic carbocycles. The molecule has 43 heavy (non-hydrogen) atoms. The van der Waals surface area contributed by atoms with Gasteiger partial charge in [0.1, 0.15) is 0 Å². The Morgan fingerprint density at radius 2 is 1.65 bits per heavy atom. The maximum absolute atomic E-state index is 13.1. The number of benzene rings is 3. The van der Waals surface area contributed by atoms with Crippen LogP contribution in [0.1, 0.15) is 66.2 Å². The quantitative estimate of drug-likeness (QED) is 0.284. The number of aliphatic hydroxyl groups is 1. The van der Waals surface area contributed by atoms with Crippen LogP contribution in [0, 0.1) is 0 Å². The van der Waals surface area contributed by atoms with Gasteiger partial charge < -0.3 is 20.1 Å². The summed E-state index contributed by atoms with van der Waals surface area (Å²) in [4.78, 5) is 15.4. The zero-order valence-electron chi connectivity index (χ0n) is 24.3. The van der Waals surface area contributed by atoms with Gasteiger partial charge in [-0.05, 0) is 79.9 Å².